The predicted molar refractivity (Wildman–Crippen MR) is 61.9 cm³/mol. The molecule has 0 radical (unpaired) electrons. The Labute approximate surface area is 97.6 Å². The topological polar surface area (TPSA) is 58.6 Å². The molecule has 0 bridgehead atoms. The van der Waals surface area contributed by atoms with E-state index in [4.69, 9.17) is 4.74 Å². The van der Waals surface area contributed by atoms with Gasteiger partial charge in [-0.25, -0.2) is 12.7 Å². The molecule has 1 N–H and O–H groups in total. The number of nitrogens with one attached hydrogen (secondary N) is 1. The van der Waals surface area contributed by atoms with Crippen molar-refractivity contribution in [1.29, 1.82) is 0 Å². The van der Waals surface area contributed by atoms with Crippen molar-refractivity contribution in [2.45, 2.75) is 0 Å². The Bertz CT molecular complexity index is 271. The Balaban J connectivity index is 0.00000196. The molecule has 1 saturated heterocycles. The second-order valence-corrected chi connectivity index (χ2v) is 5.63. The fourth-order valence-electron chi connectivity index (χ4n) is 1.60. The Kier molecular flexibility index (Phi) is 6.70. The van der Waals surface area contributed by atoms with Crippen molar-refractivity contribution in [2.75, 3.05) is 46.2 Å². The highest BCUT2D eigenvalue weighted by Gasteiger charge is 2.23. The third-order valence-electron chi connectivity index (χ3n) is 2.30. The van der Waals surface area contributed by atoms with Gasteiger partial charge in [0.05, 0.1) is 12.9 Å². The number of methoxy groups -OCH3 is 1. The summed E-state index contributed by atoms with van der Waals surface area (Å²) in [7, 11) is -1.43. The van der Waals surface area contributed by atoms with Crippen molar-refractivity contribution in [3.63, 3.8) is 0 Å². The van der Waals surface area contributed by atoms with Gasteiger partial charge in [0.2, 0.25) is 10.0 Å². The molecule has 1 unspecified atom stereocenters. The zero-order valence-corrected chi connectivity index (χ0v) is 10.7. The van der Waals surface area contributed by atoms with Gasteiger partial charge < -0.3 is 10.1 Å². The maximum atomic E-state index is 11.3. The summed E-state index contributed by atoms with van der Waals surface area (Å²) in [4.78, 5) is 0. The standard InChI is InChI=1S/C8H18N2O3S.ClH/c1-13-7-8-5-9-3-4-10(6-8)14(2,11)12;/h8-9H,3-7H2,1-2H3;1H. The molecule has 0 aromatic rings. The molecule has 1 aliphatic heterocycles. The van der Waals surface area contributed by atoms with Gasteiger partial charge in [-0.05, 0) is 0 Å². The normalized spacial score (nSPS) is 24.3. The van der Waals surface area contributed by atoms with E-state index in [-0.39, 0.29) is 18.3 Å². The fraction of sp³-hybridized carbons (Fsp3) is 1.00. The minimum atomic E-state index is -3.06. The molecule has 1 rings (SSSR count). The minimum absolute atomic E-state index is 0. The lowest BCUT2D eigenvalue weighted by atomic mass is 10.1. The number of hydrogen-bond donors (Lipinski definition) is 1. The van der Waals surface area contributed by atoms with Crippen molar-refractivity contribution in [3.8, 4) is 0 Å². The highest BCUT2D eigenvalue weighted by molar-refractivity contribution is 7.88. The number of ether oxygens (including phenoxy) is 1. The van der Waals surface area contributed by atoms with Crippen LogP contribution in [-0.4, -0.2) is 58.9 Å². The first-order chi connectivity index (χ1) is 6.54. The summed E-state index contributed by atoms with van der Waals surface area (Å²) in [5.41, 5.74) is 0. The molecule has 1 aliphatic rings. The second kappa shape index (κ2) is 6.65. The van der Waals surface area contributed by atoms with Crippen LogP contribution in [0.25, 0.3) is 0 Å². The molecular formula is C8H19ClN2O3S. The summed E-state index contributed by atoms with van der Waals surface area (Å²) >= 11 is 0. The average Bonchev–Trinajstić information content (AvgIpc) is 2.29. The molecule has 5 nitrogen and oxygen atoms in total. The van der Waals surface area contributed by atoms with Gasteiger partial charge in [-0.1, -0.05) is 0 Å². The fourth-order valence-corrected chi connectivity index (χ4v) is 2.51. The van der Waals surface area contributed by atoms with Crippen molar-refractivity contribution in [2.24, 2.45) is 5.92 Å². The van der Waals surface area contributed by atoms with Gasteiger partial charge in [0.1, 0.15) is 0 Å². The van der Waals surface area contributed by atoms with Gasteiger partial charge >= 0.3 is 0 Å². The molecule has 1 atom stereocenters. The van der Waals surface area contributed by atoms with E-state index in [0.717, 1.165) is 6.54 Å². The van der Waals surface area contributed by atoms with Crippen LogP contribution in [-0.2, 0) is 14.8 Å². The highest BCUT2D eigenvalue weighted by Crippen LogP contribution is 2.07. The number of sulfonamides is 1. The SMILES string of the molecule is COCC1CNCCN(S(C)(=O)=O)C1.Cl. The summed E-state index contributed by atoms with van der Waals surface area (Å²) in [5, 5.41) is 3.20. The number of nitrogens with zero attached hydrogens (tertiary/aromatic N) is 1. The molecule has 1 fully saturated rings. The molecule has 92 valence electrons. The van der Waals surface area contributed by atoms with E-state index in [1.54, 1.807) is 7.11 Å². The smallest absolute Gasteiger partial charge is 0.211 e. The largest absolute Gasteiger partial charge is 0.384 e. The molecule has 0 spiro atoms. The van der Waals surface area contributed by atoms with Gasteiger partial charge in [-0.3, -0.25) is 0 Å². The minimum Gasteiger partial charge on any atom is -0.384 e. The summed E-state index contributed by atoms with van der Waals surface area (Å²) in [6.45, 7) is 3.24. The molecule has 0 aliphatic carbocycles. The van der Waals surface area contributed by atoms with Gasteiger partial charge in [-0.2, -0.15) is 0 Å². The lowest BCUT2D eigenvalue weighted by Gasteiger charge is -2.20. The maximum Gasteiger partial charge on any atom is 0.211 e. The van der Waals surface area contributed by atoms with Crippen LogP contribution in [0.4, 0.5) is 0 Å². The first kappa shape index (κ1) is 15.1. The Morgan fingerprint density at radius 3 is 2.73 bits per heavy atom. The summed E-state index contributed by atoms with van der Waals surface area (Å²) in [5.74, 6) is 0.247. The summed E-state index contributed by atoms with van der Waals surface area (Å²) in [6, 6.07) is 0. The van der Waals surface area contributed by atoms with E-state index in [2.05, 4.69) is 5.32 Å². The van der Waals surface area contributed by atoms with Crippen molar-refractivity contribution in [1.82, 2.24) is 9.62 Å². The Morgan fingerprint density at radius 2 is 2.20 bits per heavy atom. The van der Waals surface area contributed by atoms with Gasteiger partial charge in [0, 0.05) is 39.2 Å². The van der Waals surface area contributed by atoms with Crippen LogP contribution >= 0.6 is 12.4 Å². The number of halogens is 1. The first-order valence-corrected chi connectivity index (χ1v) is 6.53. The summed E-state index contributed by atoms with van der Waals surface area (Å²) in [6.07, 6.45) is 1.25. The zero-order chi connectivity index (χ0) is 10.6. The molecule has 1 heterocycles. The monoisotopic (exact) mass is 258 g/mol. The van der Waals surface area contributed by atoms with Crippen molar-refractivity contribution < 1.29 is 13.2 Å². The first-order valence-electron chi connectivity index (χ1n) is 4.69. The van der Waals surface area contributed by atoms with Crippen molar-refractivity contribution in [3.05, 3.63) is 0 Å². The Morgan fingerprint density at radius 1 is 1.53 bits per heavy atom. The molecular weight excluding hydrogens is 240 g/mol. The van der Waals surface area contributed by atoms with Crippen LogP contribution in [0.1, 0.15) is 0 Å². The molecule has 0 aromatic heterocycles. The van der Waals surface area contributed by atoms with Gasteiger partial charge in [-0.15, -0.1) is 12.4 Å². The van der Waals surface area contributed by atoms with E-state index in [1.807, 2.05) is 0 Å². The van der Waals surface area contributed by atoms with Gasteiger partial charge in [0.25, 0.3) is 0 Å². The van der Waals surface area contributed by atoms with Crippen LogP contribution in [0.15, 0.2) is 0 Å². The molecule has 7 heteroatoms. The average molecular weight is 259 g/mol. The lowest BCUT2D eigenvalue weighted by molar-refractivity contribution is 0.146. The number of rotatable bonds is 3. The molecule has 15 heavy (non-hydrogen) atoms. The van der Waals surface area contributed by atoms with Crippen molar-refractivity contribution >= 4 is 22.4 Å². The molecule has 0 aromatic carbocycles. The van der Waals surface area contributed by atoms with E-state index in [1.165, 1.54) is 10.6 Å². The van der Waals surface area contributed by atoms with E-state index < -0.39 is 10.0 Å². The van der Waals surface area contributed by atoms with E-state index >= 15 is 0 Å². The third-order valence-corrected chi connectivity index (χ3v) is 3.57. The van der Waals surface area contributed by atoms with E-state index in [0.29, 0.717) is 26.2 Å². The second-order valence-electron chi connectivity index (χ2n) is 3.65. The maximum absolute atomic E-state index is 11.3. The van der Waals surface area contributed by atoms with E-state index in [9.17, 15) is 8.42 Å². The predicted octanol–water partition coefficient (Wildman–Crippen LogP) is -0.464. The van der Waals surface area contributed by atoms with Crippen LogP contribution in [0.2, 0.25) is 0 Å². The van der Waals surface area contributed by atoms with Crippen LogP contribution < -0.4 is 5.32 Å². The molecule has 0 saturated carbocycles. The highest BCUT2D eigenvalue weighted by atomic mass is 35.5. The Hall–Kier alpha value is 0.120. The zero-order valence-electron chi connectivity index (χ0n) is 9.10. The molecule has 0 amide bonds. The van der Waals surface area contributed by atoms with Crippen LogP contribution in [0.3, 0.4) is 0 Å². The van der Waals surface area contributed by atoms with Crippen LogP contribution in [0.5, 0.6) is 0 Å². The number of hydrogen-bond acceptors (Lipinski definition) is 4. The third kappa shape index (κ3) is 5.12. The summed E-state index contributed by atoms with van der Waals surface area (Å²) < 4.78 is 29.2. The van der Waals surface area contributed by atoms with Gasteiger partial charge in [0.15, 0.2) is 0 Å². The quantitative estimate of drug-likeness (QED) is 0.744. The lowest BCUT2D eigenvalue weighted by Crippen LogP contribution is -2.36. The van der Waals surface area contributed by atoms with Crippen LogP contribution in [0, 0.1) is 5.92 Å².